The Kier molecular flexibility index (Phi) is 7.74. The van der Waals surface area contributed by atoms with E-state index in [1.807, 2.05) is 0 Å². The van der Waals surface area contributed by atoms with Gasteiger partial charge in [-0.05, 0) is 6.07 Å². The van der Waals surface area contributed by atoms with Crippen molar-refractivity contribution in [3.63, 3.8) is 0 Å². The van der Waals surface area contributed by atoms with Crippen LogP contribution in [0.3, 0.4) is 0 Å². The van der Waals surface area contributed by atoms with Crippen LogP contribution in [0.15, 0.2) is 18.2 Å². The average molecular weight is 351 g/mol. The fraction of sp³-hybridized carbons (Fsp3) is 0.500. The molecule has 1 atom stereocenters. The van der Waals surface area contributed by atoms with Crippen molar-refractivity contribution in [2.75, 3.05) is 26.2 Å². The molecular formula is C12H16Cl2F4N2O. The molecule has 0 unspecified atom stereocenters. The molecule has 1 saturated heterocycles. The average Bonchev–Trinajstić information content (AvgIpc) is 2.32. The maximum absolute atomic E-state index is 13.7. The first-order valence-electron chi connectivity index (χ1n) is 5.89. The van der Waals surface area contributed by atoms with Gasteiger partial charge in [0.15, 0.2) is 0 Å². The lowest BCUT2D eigenvalue weighted by Crippen LogP contribution is -2.49. The van der Waals surface area contributed by atoms with Crippen LogP contribution >= 0.6 is 24.8 Å². The zero-order valence-corrected chi connectivity index (χ0v) is 12.5. The molecule has 122 valence electrons. The van der Waals surface area contributed by atoms with Gasteiger partial charge in [0.05, 0.1) is 0 Å². The summed E-state index contributed by atoms with van der Waals surface area (Å²) in [6.07, 6.45) is -4.56. The highest BCUT2D eigenvalue weighted by molar-refractivity contribution is 5.85. The number of halogens is 6. The van der Waals surface area contributed by atoms with E-state index < -0.39 is 23.6 Å². The van der Waals surface area contributed by atoms with Crippen molar-refractivity contribution < 1.29 is 22.7 Å². The minimum absolute atomic E-state index is 0. The van der Waals surface area contributed by atoms with Crippen molar-refractivity contribution in [2.45, 2.75) is 12.2 Å². The summed E-state index contributed by atoms with van der Waals surface area (Å²) in [5, 5.41) is 12.0. The van der Waals surface area contributed by atoms with Crippen LogP contribution in [0.5, 0.6) is 5.75 Å². The number of hydrogen-bond donors (Lipinski definition) is 2. The Balaban J connectivity index is 0.00000200. The van der Waals surface area contributed by atoms with Gasteiger partial charge < -0.3 is 10.4 Å². The van der Waals surface area contributed by atoms with Gasteiger partial charge in [0.1, 0.15) is 17.6 Å². The molecule has 0 saturated carbocycles. The highest BCUT2D eigenvalue weighted by atomic mass is 35.5. The summed E-state index contributed by atoms with van der Waals surface area (Å²) in [7, 11) is 0. The monoisotopic (exact) mass is 350 g/mol. The minimum Gasteiger partial charge on any atom is -0.508 e. The summed E-state index contributed by atoms with van der Waals surface area (Å²) in [5.74, 6) is -1.43. The SMILES string of the molecule is Cl.Cl.Oc1ccc([C@H](N2CCNCC2)C(F)(F)F)c(F)c1. The van der Waals surface area contributed by atoms with Crippen LogP contribution in [0, 0.1) is 5.82 Å². The summed E-state index contributed by atoms with van der Waals surface area (Å²) < 4.78 is 53.2. The van der Waals surface area contributed by atoms with Gasteiger partial charge in [0.25, 0.3) is 0 Å². The van der Waals surface area contributed by atoms with E-state index in [0.717, 1.165) is 12.1 Å². The number of nitrogens with zero attached hydrogens (tertiary/aromatic N) is 1. The third-order valence-electron chi connectivity index (χ3n) is 3.11. The second-order valence-electron chi connectivity index (χ2n) is 4.44. The van der Waals surface area contributed by atoms with Gasteiger partial charge in [0, 0.05) is 37.8 Å². The molecule has 0 aliphatic carbocycles. The number of piperazine rings is 1. The highest BCUT2D eigenvalue weighted by Crippen LogP contribution is 2.39. The quantitative estimate of drug-likeness (QED) is 0.805. The van der Waals surface area contributed by atoms with Crippen molar-refractivity contribution in [3.05, 3.63) is 29.6 Å². The van der Waals surface area contributed by atoms with Gasteiger partial charge in [-0.2, -0.15) is 13.2 Å². The third-order valence-corrected chi connectivity index (χ3v) is 3.11. The second-order valence-corrected chi connectivity index (χ2v) is 4.44. The summed E-state index contributed by atoms with van der Waals surface area (Å²) in [5.41, 5.74) is -0.452. The normalized spacial score (nSPS) is 17.5. The fourth-order valence-corrected chi connectivity index (χ4v) is 2.26. The van der Waals surface area contributed by atoms with Crippen LogP contribution in [0.25, 0.3) is 0 Å². The van der Waals surface area contributed by atoms with Gasteiger partial charge in [0.2, 0.25) is 0 Å². The Morgan fingerprint density at radius 3 is 2.19 bits per heavy atom. The first kappa shape index (κ1) is 20.2. The number of benzene rings is 1. The van der Waals surface area contributed by atoms with Crippen molar-refractivity contribution >= 4 is 24.8 Å². The molecule has 21 heavy (non-hydrogen) atoms. The molecule has 0 amide bonds. The lowest BCUT2D eigenvalue weighted by atomic mass is 10.0. The van der Waals surface area contributed by atoms with Crippen LogP contribution in [0.1, 0.15) is 11.6 Å². The molecule has 0 aromatic heterocycles. The van der Waals surface area contributed by atoms with Crippen LogP contribution < -0.4 is 5.32 Å². The number of phenols is 1. The van der Waals surface area contributed by atoms with Crippen molar-refractivity contribution in [2.24, 2.45) is 0 Å². The Bertz CT molecular complexity index is 453. The summed E-state index contributed by atoms with van der Waals surface area (Å²) in [6, 6.07) is 0.788. The fourth-order valence-electron chi connectivity index (χ4n) is 2.26. The van der Waals surface area contributed by atoms with E-state index in [1.54, 1.807) is 0 Å². The van der Waals surface area contributed by atoms with Crippen LogP contribution in [-0.4, -0.2) is 42.4 Å². The van der Waals surface area contributed by atoms with Crippen molar-refractivity contribution in [3.8, 4) is 5.75 Å². The number of nitrogens with one attached hydrogen (secondary N) is 1. The predicted molar refractivity (Wildman–Crippen MR) is 75.8 cm³/mol. The lowest BCUT2D eigenvalue weighted by Gasteiger charge is -2.36. The molecule has 0 bridgehead atoms. The molecule has 1 heterocycles. The molecular weight excluding hydrogens is 335 g/mol. The second kappa shape index (κ2) is 8.03. The maximum Gasteiger partial charge on any atom is 0.408 e. The largest absolute Gasteiger partial charge is 0.508 e. The standard InChI is InChI=1S/C12H14F4N2O.2ClH/c13-10-7-8(19)1-2-9(10)11(12(14,15)16)18-5-3-17-4-6-18;;/h1-2,7,11,17,19H,3-6H2;2*1H/t11-;;/m0../s1. The number of hydrogen-bond acceptors (Lipinski definition) is 3. The molecule has 0 spiro atoms. The first-order valence-corrected chi connectivity index (χ1v) is 5.89. The highest BCUT2D eigenvalue weighted by Gasteiger charge is 2.46. The molecule has 3 nitrogen and oxygen atoms in total. The zero-order chi connectivity index (χ0) is 14.0. The number of phenolic OH excluding ortho intramolecular Hbond substituents is 1. The van der Waals surface area contributed by atoms with Crippen LogP contribution in [-0.2, 0) is 0 Å². The van der Waals surface area contributed by atoms with Gasteiger partial charge >= 0.3 is 6.18 Å². The van der Waals surface area contributed by atoms with Crippen molar-refractivity contribution in [1.82, 2.24) is 10.2 Å². The molecule has 1 fully saturated rings. The molecule has 1 aromatic rings. The van der Waals surface area contributed by atoms with E-state index >= 15 is 0 Å². The molecule has 0 radical (unpaired) electrons. The van der Waals surface area contributed by atoms with E-state index in [9.17, 15) is 17.6 Å². The first-order chi connectivity index (χ1) is 8.89. The summed E-state index contributed by atoms with van der Waals surface area (Å²) >= 11 is 0. The van der Waals surface area contributed by atoms with E-state index in [2.05, 4.69) is 5.32 Å². The van der Waals surface area contributed by atoms with Crippen LogP contribution in [0.2, 0.25) is 0 Å². The Morgan fingerprint density at radius 1 is 1.14 bits per heavy atom. The summed E-state index contributed by atoms with van der Waals surface area (Å²) in [4.78, 5) is 1.20. The smallest absolute Gasteiger partial charge is 0.408 e. The molecule has 9 heteroatoms. The minimum atomic E-state index is -4.56. The van der Waals surface area contributed by atoms with Gasteiger partial charge in [-0.15, -0.1) is 24.8 Å². The molecule has 1 aliphatic rings. The molecule has 1 aromatic carbocycles. The predicted octanol–water partition coefficient (Wildman–Crippen LogP) is 2.88. The zero-order valence-electron chi connectivity index (χ0n) is 10.9. The van der Waals surface area contributed by atoms with Gasteiger partial charge in [-0.3, -0.25) is 4.90 Å². The number of aromatic hydroxyl groups is 1. The molecule has 1 aliphatic heterocycles. The molecule has 2 N–H and O–H groups in total. The van der Waals surface area contributed by atoms with E-state index in [0.29, 0.717) is 19.2 Å². The third kappa shape index (κ3) is 4.88. The Morgan fingerprint density at radius 2 is 1.71 bits per heavy atom. The van der Waals surface area contributed by atoms with E-state index in [4.69, 9.17) is 5.11 Å². The van der Waals surface area contributed by atoms with Crippen LogP contribution in [0.4, 0.5) is 17.6 Å². The number of alkyl halides is 3. The van der Waals surface area contributed by atoms with E-state index in [1.165, 1.54) is 4.90 Å². The number of rotatable bonds is 2. The topological polar surface area (TPSA) is 35.5 Å². The summed E-state index contributed by atoms with van der Waals surface area (Å²) in [6.45, 7) is 1.27. The van der Waals surface area contributed by atoms with Gasteiger partial charge in [-0.25, -0.2) is 4.39 Å². The maximum atomic E-state index is 13.7. The Labute approximate surface area is 132 Å². The van der Waals surface area contributed by atoms with Gasteiger partial charge in [-0.1, -0.05) is 6.07 Å². The lowest BCUT2D eigenvalue weighted by molar-refractivity contribution is -0.188. The van der Waals surface area contributed by atoms with Crippen molar-refractivity contribution in [1.29, 1.82) is 0 Å². The Hall–Kier alpha value is -0.760. The van der Waals surface area contributed by atoms with E-state index in [-0.39, 0.29) is 43.7 Å². The molecule has 2 rings (SSSR count).